The number of amides is 1. The normalized spacial score (nSPS) is 24.1. The van der Waals surface area contributed by atoms with Crippen molar-refractivity contribution in [1.29, 1.82) is 0 Å². The second-order valence-electron chi connectivity index (χ2n) is 7.36. The third-order valence-corrected chi connectivity index (χ3v) is 6.89. The molecule has 23 heavy (non-hydrogen) atoms. The van der Waals surface area contributed by atoms with Crippen LogP contribution in [0, 0.1) is 5.92 Å². The highest BCUT2D eigenvalue weighted by atomic mass is 32.2. The fourth-order valence-electron chi connectivity index (χ4n) is 3.29. The van der Waals surface area contributed by atoms with Crippen LogP contribution in [0.4, 0.5) is 0 Å². The molecule has 2 fully saturated rings. The summed E-state index contributed by atoms with van der Waals surface area (Å²) in [6.45, 7) is 4.92. The van der Waals surface area contributed by atoms with Gasteiger partial charge >= 0.3 is 0 Å². The first-order chi connectivity index (χ1) is 10.7. The number of nitrogens with one attached hydrogen (secondary N) is 1. The van der Waals surface area contributed by atoms with Gasteiger partial charge in [0.1, 0.15) is 0 Å². The van der Waals surface area contributed by atoms with E-state index in [1.165, 1.54) is 0 Å². The van der Waals surface area contributed by atoms with E-state index in [0.717, 1.165) is 32.1 Å². The minimum absolute atomic E-state index is 0.108. The first-order valence-electron chi connectivity index (χ1n) is 8.57. The minimum atomic E-state index is -3.44. The number of carbonyl (C=O) groups excluding carboxylic acids is 1. The highest BCUT2D eigenvalue weighted by Crippen LogP contribution is 2.28. The summed E-state index contributed by atoms with van der Waals surface area (Å²) in [5.41, 5.74) is -0.541. The standard InChI is InChI=1S/C16H30N2O4S/c1-16(2,22-3)12-17-23(20,21)14-9-6-10-18(11-14)15(19)13-7-4-5-8-13/h13-14,17H,4-12H2,1-3H3. The van der Waals surface area contributed by atoms with Crippen molar-refractivity contribution >= 4 is 15.9 Å². The maximum atomic E-state index is 12.5. The van der Waals surface area contributed by atoms with Crippen molar-refractivity contribution < 1.29 is 17.9 Å². The Balaban J connectivity index is 1.95. The zero-order valence-electron chi connectivity index (χ0n) is 14.5. The van der Waals surface area contributed by atoms with E-state index in [-0.39, 0.29) is 18.4 Å². The Morgan fingerprint density at radius 2 is 1.87 bits per heavy atom. The lowest BCUT2D eigenvalue weighted by Gasteiger charge is -2.34. The molecular weight excluding hydrogens is 316 g/mol. The van der Waals surface area contributed by atoms with Gasteiger partial charge < -0.3 is 9.64 Å². The van der Waals surface area contributed by atoms with Gasteiger partial charge in [-0.1, -0.05) is 12.8 Å². The molecule has 0 aromatic rings. The number of methoxy groups -OCH3 is 1. The third kappa shape index (κ3) is 4.90. The van der Waals surface area contributed by atoms with E-state index in [1.54, 1.807) is 12.0 Å². The minimum Gasteiger partial charge on any atom is -0.377 e. The maximum Gasteiger partial charge on any atom is 0.225 e. The van der Waals surface area contributed by atoms with Gasteiger partial charge in [-0.3, -0.25) is 4.79 Å². The molecule has 0 spiro atoms. The topological polar surface area (TPSA) is 75.7 Å². The van der Waals surface area contributed by atoms with Gasteiger partial charge in [0.15, 0.2) is 0 Å². The van der Waals surface area contributed by atoms with Crippen molar-refractivity contribution in [3.05, 3.63) is 0 Å². The lowest BCUT2D eigenvalue weighted by molar-refractivity contribution is -0.136. The van der Waals surface area contributed by atoms with E-state index in [4.69, 9.17) is 4.74 Å². The van der Waals surface area contributed by atoms with Gasteiger partial charge in [-0.05, 0) is 39.5 Å². The van der Waals surface area contributed by atoms with Crippen LogP contribution in [0.1, 0.15) is 52.4 Å². The predicted molar refractivity (Wildman–Crippen MR) is 89.6 cm³/mol. The van der Waals surface area contributed by atoms with Gasteiger partial charge in [0.05, 0.1) is 10.9 Å². The van der Waals surface area contributed by atoms with Gasteiger partial charge in [0, 0.05) is 32.7 Å². The quantitative estimate of drug-likeness (QED) is 0.791. The van der Waals surface area contributed by atoms with Crippen LogP contribution >= 0.6 is 0 Å². The summed E-state index contributed by atoms with van der Waals surface area (Å²) in [6, 6.07) is 0. The van der Waals surface area contributed by atoms with Crippen molar-refractivity contribution in [2.45, 2.75) is 63.2 Å². The van der Waals surface area contributed by atoms with Crippen molar-refractivity contribution in [2.24, 2.45) is 5.92 Å². The van der Waals surface area contributed by atoms with E-state index in [1.807, 2.05) is 13.8 Å². The molecule has 1 saturated heterocycles. The van der Waals surface area contributed by atoms with E-state index in [0.29, 0.717) is 19.5 Å². The summed E-state index contributed by atoms with van der Waals surface area (Å²) in [5.74, 6) is 0.261. The number of carbonyl (C=O) groups is 1. The molecule has 0 aromatic carbocycles. The Labute approximate surface area is 140 Å². The van der Waals surface area contributed by atoms with E-state index < -0.39 is 20.9 Å². The first kappa shape index (κ1) is 18.7. The zero-order chi connectivity index (χ0) is 17.1. The monoisotopic (exact) mass is 346 g/mol. The molecule has 1 saturated carbocycles. The lowest BCUT2D eigenvalue weighted by atomic mass is 10.0. The smallest absolute Gasteiger partial charge is 0.225 e. The van der Waals surface area contributed by atoms with Crippen LogP contribution in [-0.4, -0.2) is 56.8 Å². The van der Waals surface area contributed by atoms with Gasteiger partial charge in [0.25, 0.3) is 0 Å². The number of likely N-dealkylation sites (tertiary alicyclic amines) is 1. The zero-order valence-corrected chi connectivity index (χ0v) is 15.3. The van der Waals surface area contributed by atoms with Crippen molar-refractivity contribution in [3.8, 4) is 0 Å². The van der Waals surface area contributed by atoms with Gasteiger partial charge in [-0.25, -0.2) is 13.1 Å². The summed E-state index contributed by atoms with van der Waals surface area (Å²) < 4.78 is 33.0. The molecule has 134 valence electrons. The van der Waals surface area contributed by atoms with E-state index >= 15 is 0 Å². The highest BCUT2D eigenvalue weighted by molar-refractivity contribution is 7.90. The van der Waals surface area contributed by atoms with Crippen LogP contribution in [0.15, 0.2) is 0 Å². The number of hydrogen-bond acceptors (Lipinski definition) is 4. The molecule has 7 heteroatoms. The van der Waals surface area contributed by atoms with Gasteiger partial charge in [-0.15, -0.1) is 0 Å². The summed E-state index contributed by atoms with van der Waals surface area (Å²) >= 11 is 0. The molecule has 0 radical (unpaired) electrons. The molecule has 2 rings (SSSR count). The molecule has 1 aliphatic carbocycles. The third-order valence-electron chi connectivity index (χ3n) is 5.08. The fourth-order valence-corrected chi connectivity index (χ4v) is 4.92. The molecular formula is C16H30N2O4S. The highest BCUT2D eigenvalue weighted by Gasteiger charge is 2.36. The molecule has 2 aliphatic rings. The second-order valence-corrected chi connectivity index (χ2v) is 9.41. The fraction of sp³-hybridized carbons (Fsp3) is 0.938. The Bertz CT molecular complexity index is 512. The molecule has 6 nitrogen and oxygen atoms in total. The molecule has 1 unspecified atom stereocenters. The molecule has 1 aliphatic heterocycles. The summed E-state index contributed by atoms with van der Waals surface area (Å²) in [6.07, 6.45) is 5.48. The van der Waals surface area contributed by atoms with E-state index in [2.05, 4.69) is 4.72 Å². The molecule has 1 amide bonds. The van der Waals surface area contributed by atoms with Crippen LogP contribution in [0.3, 0.4) is 0 Å². The lowest BCUT2D eigenvalue weighted by Crippen LogP contribution is -2.51. The molecule has 1 N–H and O–H groups in total. The predicted octanol–water partition coefficient (Wildman–Crippen LogP) is 1.51. The Morgan fingerprint density at radius 3 is 2.48 bits per heavy atom. The number of hydrogen-bond donors (Lipinski definition) is 1. The summed E-state index contributed by atoms with van der Waals surface area (Å²) in [5, 5.41) is -0.519. The Morgan fingerprint density at radius 1 is 1.22 bits per heavy atom. The summed E-state index contributed by atoms with van der Waals surface area (Å²) in [7, 11) is -1.87. The van der Waals surface area contributed by atoms with Gasteiger partial charge in [-0.2, -0.15) is 0 Å². The Kier molecular flexibility index (Phi) is 6.08. The van der Waals surface area contributed by atoms with Crippen molar-refractivity contribution in [2.75, 3.05) is 26.7 Å². The van der Waals surface area contributed by atoms with Gasteiger partial charge in [0.2, 0.25) is 15.9 Å². The van der Waals surface area contributed by atoms with Crippen LogP contribution in [-0.2, 0) is 19.6 Å². The van der Waals surface area contributed by atoms with Crippen LogP contribution in [0.2, 0.25) is 0 Å². The van der Waals surface area contributed by atoms with Crippen LogP contribution < -0.4 is 4.72 Å². The summed E-state index contributed by atoms with van der Waals surface area (Å²) in [4.78, 5) is 14.3. The SMILES string of the molecule is COC(C)(C)CNS(=O)(=O)C1CCCN(C(=O)C2CCCC2)C1. The molecule has 1 heterocycles. The van der Waals surface area contributed by atoms with Crippen LogP contribution in [0.25, 0.3) is 0 Å². The van der Waals surface area contributed by atoms with Crippen molar-refractivity contribution in [3.63, 3.8) is 0 Å². The maximum absolute atomic E-state index is 12.5. The number of sulfonamides is 1. The largest absolute Gasteiger partial charge is 0.377 e. The Hall–Kier alpha value is -0.660. The second kappa shape index (κ2) is 7.49. The average Bonchev–Trinajstić information content (AvgIpc) is 3.07. The number of piperidine rings is 1. The number of rotatable bonds is 6. The van der Waals surface area contributed by atoms with Crippen molar-refractivity contribution in [1.82, 2.24) is 9.62 Å². The average molecular weight is 346 g/mol. The molecule has 0 aromatic heterocycles. The molecule has 0 bridgehead atoms. The first-order valence-corrected chi connectivity index (χ1v) is 10.1. The number of nitrogens with zero attached hydrogens (tertiary/aromatic N) is 1. The number of ether oxygens (including phenoxy) is 1. The molecule has 1 atom stereocenters. The van der Waals surface area contributed by atoms with Crippen LogP contribution in [0.5, 0.6) is 0 Å². The van der Waals surface area contributed by atoms with E-state index in [9.17, 15) is 13.2 Å².